The van der Waals surface area contributed by atoms with E-state index >= 15 is 0 Å². The highest BCUT2D eigenvalue weighted by Crippen LogP contribution is 2.25. The van der Waals surface area contributed by atoms with E-state index < -0.39 is 5.82 Å². The van der Waals surface area contributed by atoms with Gasteiger partial charge in [-0.05, 0) is 12.1 Å². The Hall–Kier alpha value is -2.20. The molecule has 2 aromatic heterocycles. The third-order valence-electron chi connectivity index (χ3n) is 2.90. The second-order valence-corrected chi connectivity index (χ2v) is 3.98. The number of aliphatic hydroxyl groups excluding tert-OH is 1. The number of benzene rings is 1. The van der Waals surface area contributed by atoms with Gasteiger partial charge in [-0.25, -0.2) is 9.37 Å². The van der Waals surface area contributed by atoms with Gasteiger partial charge in [0.2, 0.25) is 0 Å². The van der Waals surface area contributed by atoms with Crippen molar-refractivity contribution in [2.75, 3.05) is 0 Å². The molecule has 0 bridgehead atoms. The minimum atomic E-state index is -0.394. The molecule has 0 radical (unpaired) electrons. The van der Waals surface area contributed by atoms with Crippen LogP contribution in [0.15, 0.2) is 48.7 Å². The van der Waals surface area contributed by atoms with E-state index in [1.165, 1.54) is 6.07 Å². The van der Waals surface area contributed by atoms with Crippen LogP contribution in [0.3, 0.4) is 0 Å². The quantitative estimate of drug-likeness (QED) is 0.750. The minimum absolute atomic E-state index is 0.186. The maximum absolute atomic E-state index is 13.7. The van der Waals surface area contributed by atoms with E-state index in [-0.39, 0.29) is 12.3 Å². The lowest BCUT2D eigenvalue weighted by atomic mass is 10.1. The van der Waals surface area contributed by atoms with Crippen molar-refractivity contribution in [3.63, 3.8) is 0 Å². The Balaban J connectivity index is 2.33. The van der Waals surface area contributed by atoms with Gasteiger partial charge in [0.05, 0.1) is 18.0 Å². The molecule has 1 N–H and O–H groups in total. The van der Waals surface area contributed by atoms with Gasteiger partial charge in [-0.3, -0.25) is 4.40 Å². The van der Waals surface area contributed by atoms with Crippen LogP contribution in [0.4, 0.5) is 4.39 Å². The van der Waals surface area contributed by atoms with Crippen LogP contribution in [0.1, 0.15) is 5.69 Å². The third kappa shape index (κ3) is 1.58. The second kappa shape index (κ2) is 4.23. The number of hydrogen-bond acceptors (Lipinski definition) is 2. The molecule has 0 aliphatic heterocycles. The van der Waals surface area contributed by atoms with E-state index in [9.17, 15) is 9.50 Å². The summed E-state index contributed by atoms with van der Waals surface area (Å²) in [5, 5.41) is 9.47. The number of pyridine rings is 1. The van der Waals surface area contributed by atoms with E-state index in [1.54, 1.807) is 16.7 Å². The summed E-state index contributed by atoms with van der Waals surface area (Å²) in [6.07, 6.45) is 1.70. The molecular formula is C14H11FN2O. The van der Waals surface area contributed by atoms with Crippen molar-refractivity contribution in [2.24, 2.45) is 0 Å². The first-order valence-electron chi connectivity index (χ1n) is 5.63. The average molecular weight is 242 g/mol. The zero-order valence-corrected chi connectivity index (χ0v) is 9.55. The topological polar surface area (TPSA) is 37.5 Å². The first-order valence-corrected chi connectivity index (χ1v) is 5.63. The monoisotopic (exact) mass is 242 g/mol. The molecule has 2 heterocycles. The number of nitrogens with zero attached hydrogens (tertiary/aromatic N) is 2. The number of aromatic nitrogens is 2. The molecule has 3 nitrogen and oxygen atoms in total. The van der Waals surface area contributed by atoms with Crippen molar-refractivity contribution in [3.8, 4) is 11.3 Å². The van der Waals surface area contributed by atoms with E-state index in [4.69, 9.17) is 0 Å². The highest BCUT2D eigenvalue weighted by molar-refractivity contribution is 5.66. The van der Waals surface area contributed by atoms with Gasteiger partial charge in [-0.1, -0.05) is 30.3 Å². The van der Waals surface area contributed by atoms with Crippen molar-refractivity contribution < 1.29 is 9.50 Å². The van der Waals surface area contributed by atoms with Gasteiger partial charge >= 0.3 is 0 Å². The van der Waals surface area contributed by atoms with Gasteiger partial charge < -0.3 is 5.11 Å². The smallest absolute Gasteiger partial charge is 0.174 e. The zero-order chi connectivity index (χ0) is 12.5. The molecule has 0 fully saturated rings. The van der Waals surface area contributed by atoms with Crippen LogP contribution in [0, 0.1) is 5.82 Å². The van der Waals surface area contributed by atoms with E-state index in [0.29, 0.717) is 11.4 Å². The van der Waals surface area contributed by atoms with Crippen LogP contribution >= 0.6 is 0 Å². The number of hydrogen-bond donors (Lipinski definition) is 1. The summed E-state index contributed by atoms with van der Waals surface area (Å²) < 4.78 is 15.2. The molecular weight excluding hydrogens is 231 g/mol. The summed E-state index contributed by atoms with van der Waals surface area (Å²) in [7, 11) is 0. The number of fused-ring (bicyclic) bond motifs is 1. The number of rotatable bonds is 2. The molecule has 0 aliphatic carbocycles. The summed E-state index contributed by atoms with van der Waals surface area (Å²) in [5.74, 6) is -0.394. The maximum Gasteiger partial charge on any atom is 0.174 e. The second-order valence-electron chi connectivity index (χ2n) is 3.98. The predicted octanol–water partition coefficient (Wildman–Crippen LogP) is 2.63. The Morgan fingerprint density at radius 3 is 2.61 bits per heavy atom. The number of aliphatic hydroxyl groups is 1. The maximum atomic E-state index is 13.7. The summed E-state index contributed by atoms with van der Waals surface area (Å²) >= 11 is 0. The van der Waals surface area contributed by atoms with Crippen LogP contribution in [-0.2, 0) is 6.61 Å². The lowest BCUT2D eigenvalue weighted by Crippen LogP contribution is -1.94. The van der Waals surface area contributed by atoms with E-state index in [0.717, 1.165) is 5.56 Å². The van der Waals surface area contributed by atoms with Crippen LogP contribution in [0.2, 0.25) is 0 Å². The van der Waals surface area contributed by atoms with Crippen molar-refractivity contribution in [1.29, 1.82) is 0 Å². The highest BCUT2D eigenvalue weighted by Gasteiger charge is 2.14. The molecule has 0 atom stereocenters. The summed E-state index contributed by atoms with van der Waals surface area (Å²) in [4.78, 5) is 4.28. The molecule has 18 heavy (non-hydrogen) atoms. The first kappa shape index (κ1) is 10.9. The van der Waals surface area contributed by atoms with Gasteiger partial charge in [0.15, 0.2) is 11.5 Å². The predicted molar refractivity (Wildman–Crippen MR) is 66.5 cm³/mol. The van der Waals surface area contributed by atoms with Gasteiger partial charge in [0, 0.05) is 11.8 Å². The summed E-state index contributed by atoms with van der Waals surface area (Å²) in [6, 6.07) is 12.4. The van der Waals surface area contributed by atoms with Crippen molar-refractivity contribution >= 4 is 5.65 Å². The summed E-state index contributed by atoms with van der Waals surface area (Å²) in [6.45, 7) is -0.186. The highest BCUT2D eigenvalue weighted by atomic mass is 19.1. The molecule has 3 rings (SSSR count). The standard InChI is InChI=1S/C14H11FN2O/c15-11-7-4-8-17-12(9-18)13(16-14(11)17)10-5-2-1-3-6-10/h1-8,18H,9H2. The first-order chi connectivity index (χ1) is 8.81. The van der Waals surface area contributed by atoms with Gasteiger partial charge in [0.1, 0.15) is 0 Å². The van der Waals surface area contributed by atoms with E-state index in [2.05, 4.69) is 4.98 Å². The molecule has 0 saturated heterocycles. The molecule has 0 aliphatic rings. The minimum Gasteiger partial charge on any atom is -0.390 e. The number of halogens is 1. The van der Waals surface area contributed by atoms with Crippen molar-refractivity contribution in [1.82, 2.24) is 9.38 Å². The Labute approximate surface area is 103 Å². The lowest BCUT2D eigenvalue weighted by molar-refractivity contribution is 0.276. The number of imidazole rings is 1. The molecule has 0 unspecified atom stereocenters. The fraction of sp³-hybridized carbons (Fsp3) is 0.0714. The van der Waals surface area contributed by atoms with Gasteiger partial charge in [-0.2, -0.15) is 0 Å². The van der Waals surface area contributed by atoms with E-state index in [1.807, 2.05) is 30.3 Å². The molecule has 0 amide bonds. The Kier molecular flexibility index (Phi) is 2.57. The lowest BCUT2D eigenvalue weighted by Gasteiger charge is -2.01. The normalized spacial score (nSPS) is 11.0. The van der Waals surface area contributed by atoms with Crippen LogP contribution in [-0.4, -0.2) is 14.5 Å². The molecule has 90 valence electrons. The third-order valence-corrected chi connectivity index (χ3v) is 2.90. The van der Waals surface area contributed by atoms with Crippen LogP contribution in [0.25, 0.3) is 16.9 Å². The molecule has 3 aromatic rings. The Morgan fingerprint density at radius 2 is 1.89 bits per heavy atom. The average Bonchev–Trinajstić information content (AvgIpc) is 2.80. The molecule has 0 spiro atoms. The fourth-order valence-electron chi connectivity index (χ4n) is 2.06. The molecule has 1 aromatic carbocycles. The van der Waals surface area contributed by atoms with Crippen molar-refractivity contribution in [2.45, 2.75) is 6.61 Å². The van der Waals surface area contributed by atoms with Crippen molar-refractivity contribution in [3.05, 3.63) is 60.2 Å². The SMILES string of the molecule is OCc1c(-c2ccccc2)nc2c(F)cccn12. The van der Waals surface area contributed by atoms with Gasteiger partial charge in [-0.15, -0.1) is 0 Å². The van der Waals surface area contributed by atoms with Crippen LogP contribution < -0.4 is 0 Å². The zero-order valence-electron chi connectivity index (χ0n) is 9.55. The Bertz CT molecular complexity index is 692. The van der Waals surface area contributed by atoms with Crippen LogP contribution in [0.5, 0.6) is 0 Å². The largest absolute Gasteiger partial charge is 0.390 e. The van der Waals surface area contributed by atoms with Gasteiger partial charge in [0.25, 0.3) is 0 Å². The molecule has 0 saturated carbocycles. The Morgan fingerprint density at radius 1 is 1.11 bits per heavy atom. The fourth-order valence-corrected chi connectivity index (χ4v) is 2.06. The summed E-state index contributed by atoms with van der Waals surface area (Å²) in [5.41, 5.74) is 2.31. The molecule has 4 heteroatoms.